The molecule has 8 rings (SSSR count). The lowest BCUT2D eigenvalue weighted by Crippen LogP contribution is -2.27. The zero-order chi connectivity index (χ0) is 39.6. The summed E-state index contributed by atoms with van der Waals surface area (Å²) in [5.41, 5.74) is 12.1. The van der Waals surface area contributed by atoms with Crippen LogP contribution in [0.5, 0.6) is 0 Å². The molecule has 6 heterocycles. The molecule has 2 aliphatic heterocycles. The maximum atomic E-state index is 12.2. The average molecular weight is 826 g/mol. The summed E-state index contributed by atoms with van der Waals surface area (Å²) in [6, 6.07) is 17.6. The molecule has 2 aliphatic rings. The van der Waals surface area contributed by atoms with Gasteiger partial charge in [-0.2, -0.15) is 0 Å². The first-order valence-corrected chi connectivity index (χ1v) is 18.0. The molecule has 4 aromatic heterocycles. The van der Waals surface area contributed by atoms with Crippen molar-refractivity contribution in [2.75, 3.05) is 32.3 Å². The number of nitrogens with one attached hydrogen (secondary N) is 5. The first-order valence-electron chi connectivity index (χ1n) is 17.2. The van der Waals surface area contributed by atoms with E-state index in [0.717, 1.165) is 22.3 Å². The van der Waals surface area contributed by atoms with Crippen LogP contribution < -0.4 is 32.3 Å². The van der Waals surface area contributed by atoms with Gasteiger partial charge < -0.3 is 32.3 Å². The molecular formula is C39H35Cl3N12O3. The molecule has 0 aliphatic carbocycles. The highest BCUT2D eigenvalue weighted by Crippen LogP contribution is 2.36. The summed E-state index contributed by atoms with van der Waals surface area (Å²) in [5.74, 6) is 1.27. The van der Waals surface area contributed by atoms with E-state index in [2.05, 4.69) is 56.5 Å². The number of halogens is 3. The van der Waals surface area contributed by atoms with Gasteiger partial charge in [0.25, 0.3) is 0 Å². The van der Waals surface area contributed by atoms with Gasteiger partial charge in [-0.05, 0) is 60.7 Å². The van der Waals surface area contributed by atoms with Crippen molar-refractivity contribution in [2.45, 2.75) is 33.6 Å². The number of benzene rings is 2. The topological polar surface area (TPSA) is 215 Å². The molecule has 57 heavy (non-hydrogen) atoms. The van der Waals surface area contributed by atoms with Crippen molar-refractivity contribution in [1.29, 1.82) is 0 Å². The Labute approximate surface area is 343 Å². The van der Waals surface area contributed by atoms with Crippen LogP contribution in [0, 0.1) is 5.41 Å². The summed E-state index contributed by atoms with van der Waals surface area (Å²) >= 11 is 12.1. The van der Waals surface area contributed by atoms with E-state index in [4.69, 9.17) is 28.9 Å². The number of hydrogen-bond acceptors (Lipinski definition) is 12. The molecule has 0 saturated heterocycles. The lowest BCUT2D eigenvalue weighted by atomic mass is 9.96. The summed E-state index contributed by atoms with van der Waals surface area (Å²) in [7, 11) is 0. The molecule has 6 aromatic rings. The molecule has 0 saturated carbocycles. The summed E-state index contributed by atoms with van der Waals surface area (Å²) in [6.45, 7) is 5.51. The standard InChI is InChI=1S/C22H21ClN6O2.C17H13ClN6O.ClH/c1-22(2,3)20(31)28-17-7-5-14(11-24-17)26-21-25-10-12-8-18(30)27-16-9-13(23)4-6-15(16)19(12)29-21;18-10-1-3-12-13(6-10)23-15(25)5-9-7-21-17(24-16(9)12)22-11-2-4-14(19)20-8-11;/h4-7,9-11H,8H2,1-3H3,(H,27,30)(H,24,28,31)(H,25,26,29);1-4,6-8H,5H2,(H2,19,20)(H,23,25)(H,21,22,24);1H. The van der Waals surface area contributed by atoms with Crippen LogP contribution in [0.1, 0.15) is 31.9 Å². The molecule has 0 atom stereocenters. The number of nitrogen functional groups attached to an aromatic ring is 1. The molecule has 0 fully saturated rings. The van der Waals surface area contributed by atoms with Crippen LogP contribution in [0.2, 0.25) is 10.0 Å². The fraction of sp³-hybridized carbons (Fsp3) is 0.154. The molecule has 0 unspecified atom stereocenters. The smallest absolute Gasteiger partial charge is 0.230 e. The second-order valence-corrected chi connectivity index (χ2v) is 14.7. The van der Waals surface area contributed by atoms with Gasteiger partial charge in [-0.15, -0.1) is 12.4 Å². The van der Waals surface area contributed by atoms with Gasteiger partial charge in [0.05, 0.1) is 59.4 Å². The number of fused-ring (bicyclic) bond motifs is 6. The third kappa shape index (κ3) is 9.70. The molecule has 18 heteroatoms. The summed E-state index contributed by atoms with van der Waals surface area (Å²) in [5, 5.41) is 15.8. The number of hydrogen-bond donors (Lipinski definition) is 6. The van der Waals surface area contributed by atoms with Crippen molar-refractivity contribution < 1.29 is 14.4 Å². The van der Waals surface area contributed by atoms with E-state index in [1.165, 1.54) is 0 Å². The maximum absolute atomic E-state index is 12.2. The molecule has 2 aromatic carbocycles. The predicted octanol–water partition coefficient (Wildman–Crippen LogP) is 7.85. The van der Waals surface area contributed by atoms with Crippen molar-refractivity contribution in [3.63, 3.8) is 0 Å². The van der Waals surface area contributed by atoms with Gasteiger partial charge in [0.1, 0.15) is 11.6 Å². The van der Waals surface area contributed by atoms with Gasteiger partial charge >= 0.3 is 0 Å². The first-order chi connectivity index (χ1) is 26.8. The average Bonchev–Trinajstić information content (AvgIpc) is 3.37. The second kappa shape index (κ2) is 16.8. The minimum absolute atomic E-state index is 0. The highest BCUT2D eigenvalue weighted by molar-refractivity contribution is 6.31. The van der Waals surface area contributed by atoms with Gasteiger partial charge in [-0.25, -0.2) is 29.9 Å². The SMILES string of the molecule is CC(C)(C)C(=O)Nc1ccc(Nc2ncc3c(n2)-c2ccc(Cl)cc2NC(=O)C3)cn1.Cl.Nc1ccc(Nc2ncc3c(n2)-c2ccc(Cl)cc2NC(=O)C3)cn1. The molecule has 290 valence electrons. The number of nitrogens with two attached hydrogens (primary N) is 1. The molecule has 7 N–H and O–H groups in total. The molecule has 0 spiro atoms. The summed E-state index contributed by atoms with van der Waals surface area (Å²) in [6.07, 6.45) is 6.85. The minimum atomic E-state index is -0.509. The van der Waals surface area contributed by atoms with E-state index in [0.29, 0.717) is 67.7 Å². The van der Waals surface area contributed by atoms with E-state index < -0.39 is 5.41 Å². The lowest BCUT2D eigenvalue weighted by Gasteiger charge is -2.17. The van der Waals surface area contributed by atoms with Crippen LogP contribution >= 0.6 is 35.6 Å². The number of amides is 3. The number of anilines is 8. The zero-order valence-electron chi connectivity index (χ0n) is 30.6. The number of aromatic nitrogens is 6. The fourth-order valence-electron chi connectivity index (χ4n) is 5.63. The Hall–Kier alpha value is -6.42. The van der Waals surface area contributed by atoms with Crippen LogP contribution in [0.25, 0.3) is 22.5 Å². The lowest BCUT2D eigenvalue weighted by molar-refractivity contribution is -0.123. The van der Waals surface area contributed by atoms with Crippen LogP contribution in [0.3, 0.4) is 0 Å². The van der Waals surface area contributed by atoms with E-state index in [1.54, 1.807) is 73.3 Å². The van der Waals surface area contributed by atoms with E-state index in [1.807, 2.05) is 32.9 Å². The van der Waals surface area contributed by atoms with Gasteiger partial charge in [0.15, 0.2) is 0 Å². The molecular weight excluding hydrogens is 791 g/mol. The normalized spacial score (nSPS) is 12.5. The van der Waals surface area contributed by atoms with Crippen LogP contribution in [-0.2, 0) is 27.2 Å². The van der Waals surface area contributed by atoms with Crippen molar-refractivity contribution in [2.24, 2.45) is 5.41 Å². The number of carbonyl (C=O) groups is 3. The third-order valence-electron chi connectivity index (χ3n) is 8.44. The number of nitrogens with zero attached hydrogens (tertiary/aromatic N) is 6. The largest absolute Gasteiger partial charge is 0.384 e. The summed E-state index contributed by atoms with van der Waals surface area (Å²) in [4.78, 5) is 62.5. The van der Waals surface area contributed by atoms with Gasteiger partial charge in [0, 0.05) is 50.1 Å². The molecule has 3 amide bonds. The number of carbonyl (C=O) groups excluding carboxylic acids is 3. The van der Waals surface area contributed by atoms with Gasteiger partial charge in [-0.1, -0.05) is 44.0 Å². The van der Waals surface area contributed by atoms with Crippen LogP contribution in [0.15, 0.2) is 85.5 Å². The number of rotatable bonds is 5. The Morgan fingerprint density at radius 3 is 1.61 bits per heavy atom. The Morgan fingerprint density at radius 1 is 0.684 bits per heavy atom. The van der Waals surface area contributed by atoms with Crippen LogP contribution in [0.4, 0.5) is 46.3 Å². The Balaban J connectivity index is 0.000000193. The van der Waals surface area contributed by atoms with Gasteiger partial charge in [0.2, 0.25) is 29.6 Å². The van der Waals surface area contributed by atoms with E-state index >= 15 is 0 Å². The van der Waals surface area contributed by atoms with Crippen molar-refractivity contribution in [3.8, 4) is 22.5 Å². The van der Waals surface area contributed by atoms with Crippen molar-refractivity contribution in [3.05, 3.63) is 107 Å². The monoisotopic (exact) mass is 824 g/mol. The maximum Gasteiger partial charge on any atom is 0.230 e. The molecule has 15 nitrogen and oxygen atoms in total. The Morgan fingerprint density at radius 2 is 1.18 bits per heavy atom. The number of pyridine rings is 2. The zero-order valence-corrected chi connectivity index (χ0v) is 33.0. The summed E-state index contributed by atoms with van der Waals surface area (Å²) < 4.78 is 0. The third-order valence-corrected chi connectivity index (χ3v) is 8.91. The van der Waals surface area contributed by atoms with Gasteiger partial charge in [-0.3, -0.25) is 14.4 Å². The van der Waals surface area contributed by atoms with Crippen LogP contribution in [-0.4, -0.2) is 47.6 Å². The minimum Gasteiger partial charge on any atom is -0.384 e. The van der Waals surface area contributed by atoms with Crippen molar-refractivity contribution >= 4 is 99.6 Å². The Kier molecular flexibility index (Phi) is 11.8. The molecule has 0 radical (unpaired) electrons. The van der Waals surface area contributed by atoms with Crippen molar-refractivity contribution in [1.82, 2.24) is 29.9 Å². The quantitative estimate of drug-likeness (QED) is 0.0981. The highest BCUT2D eigenvalue weighted by Gasteiger charge is 2.24. The second-order valence-electron chi connectivity index (χ2n) is 13.8. The molecule has 0 bridgehead atoms. The fourth-order valence-corrected chi connectivity index (χ4v) is 5.97. The van der Waals surface area contributed by atoms with E-state index in [-0.39, 0.29) is 43.0 Å². The first kappa shape index (κ1) is 40.2. The predicted molar refractivity (Wildman–Crippen MR) is 224 cm³/mol. The highest BCUT2D eigenvalue weighted by atomic mass is 35.5. The van der Waals surface area contributed by atoms with E-state index in [9.17, 15) is 14.4 Å². The Bertz CT molecular complexity index is 2500.